The van der Waals surface area contributed by atoms with Crippen molar-refractivity contribution in [2.75, 3.05) is 10.6 Å². The van der Waals surface area contributed by atoms with Crippen LogP contribution in [0.4, 0.5) is 11.4 Å². The Kier molecular flexibility index (Phi) is 5.02. The largest absolute Gasteiger partial charge is 0.373 e. The third-order valence-corrected chi connectivity index (χ3v) is 3.87. The molecule has 0 aromatic heterocycles. The summed E-state index contributed by atoms with van der Waals surface area (Å²) in [5.74, 6) is -0.0636. The number of nitrogens with one attached hydrogen (secondary N) is 2. The number of carbonyl (C=O) groups excluding carboxylic acids is 1. The molecule has 0 aliphatic heterocycles. The van der Waals surface area contributed by atoms with Crippen molar-refractivity contribution in [2.24, 2.45) is 0 Å². The summed E-state index contributed by atoms with van der Waals surface area (Å²) < 4.78 is 0.956. The van der Waals surface area contributed by atoms with E-state index >= 15 is 0 Å². The lowest BCUT2D eigenvalue weighted by Gasteiger charge is -2.16. The average molecular weight is 347 g/mol. The Morgan fingerprint density at radius 2 is 1.67 bits per heavy atom. The molecule has 0 aliphatic rings. The van der Waals surface area contributed by atoms with E-state index in [1.807, 2.05) is 63.2 Å². The van der Waals surface area contributed by atoms with Gasteiger partial charge in [0.15, 0.2) is 0 Å². The van der Waals surface area contributed by atoms with Gasteiger partial charge in [0.25, 0.3) is 0 Å². The third kappa shape index (κ3) is 4.33. The van der Waals surface area contributed by atoms with Crippen LogP contribution in [-0.2, 0) is 4.79 Å². The summed E-state index contributed by atoms with van der Waals surface area (Å²) in [5.41, 5.74) is 4.06. The van der Waals surface area contributed by atoms with Gasteiger partial charge in [-0.15, -0.1) is 0 Å². The molecule has 2 aromatic rings. The fraction of sp³-hybridized carbons (Fsp3) is 0.235. The van der Waals surface area contributed by atoms with Crippen LogP contribution in [0.1, 0.15) is 18.1 Å². The van der Waals surface area contributed by atoms with Crippen molar-refractivity contribution >= 4 is 33.2 Å². The molecule has 0 saturated carbocycles. The molecule has 0 aliphatic carbocycles. The summed E-state index contributed by atoms with van der Waals surface area (Å²) in [6.45, 7) is 5.89. The van der Waals surface area contributed by atoms with Crippen LogP contribution in [0.2, 0.25) is 0 Å². The van der Waals surface area contributed by atoms with Crippen molar-refractivity contribution in [3.8, 4) is 0 Å². The van der Waals surface area contributed by atoms with Crippen molar-refractivity contribution in [1.29, 1.82) is 0 Å². The van der Waals surface area contributed by atoms with E-state index in [9.17, 15) is 4.79 Å². The number of halogens is 1. The molecule has 1 unspecified atom stereocenters. The first-order valence-corrected chi connectivity index (χ1v) is 7.65. The highest BCUT2D eigenvalue weighted by Gasteiger charge is 2.14. The Morgan fingerprint density at radius 1 is 1.05 bits per heavy atom. The van der Waals surface area contributed by atoms with E-state index in [2.05, 4.69) is 26.6 Å². The van der Waals surface area contributed by atoms with Crippen LogP contribution in [0.15, 0.2) is 46.9 Å². The van der Waals surface area contributed by atoms with E-state index < -0.39 is 0 Å². The molecule has 110 valence electrons. The summed E-state index contributed by atoms with van der Waals surface area (Å²) in [6.07, 6.45) is 0. The molecule has 2 rings (SSSR count). The fourth-order valence-corrected chi connectivity index (χ4v) is 2.53. The Balaban J connectivity index is 2.00. The zero-order chi connectivity index (χ0) is 15.4. The van der Waals surface area contributed by atoms with Gasteiger partial charge in [0.1, 0.15) is 6.04 Å². The molecule has 0 saturated heterocycles. The second-order valence-corrected chi connectivity index (χ2v) is 6.06. The van der Waals surface area contributed by atoms with Gasteiger partial charge in [-0.05, 0) is 66.5 Å². The predicted molar refractivity (Wildman–Crippen MR) is 91.8 cm³/mol. The van der Waals surface area contributed by atoms with Gasteiger partial charge in [0.05, 0.1) is 0 Å². The van der Waals surface area contributed by atoms with Crippen molar-refractivity contribution < 1.29 is 4.79 Å². The van der Waals surface area contributed by atoms with E-state index in [0.29, 0.717) is 0 Å². The summed E-state index contributed by atoms with van der Waals surface area (Å²) in [6, 6.07) is 13.4. The number of aryl methyl sites for hydroxylation is 2. The molecule has 1 amide bonds. The maximum absolute atomic E-state index is 12.2. The summed E-state index contributed by atoms with van der Waals surface area (Å²) >= 11 is 3.51. The van der Waals surface area contributed by atoms with E-state index in [4.69, 9.17) is 0 Å². The minimum atomic E-state index is -0.328. The van der Waals surface area contributed by atoms with Crippen LogP contribution < -0.4 is 10.6 Å². The molecule has 2 N–H and O–H groups in total. The van der Waals surface area contributed by atoms with Gasteiger partial charge in [-0.3, -0.25) is 4.79 Å². The minimum absolute atomic E-state index is 0.0636. The van der Waals surface area contributed by atoms with Gasteiger partial charge in [-0.1, -0.05) is 23.8 Å². The number of anilines is 2. The minimum Gasteiger partial charge on any atom is -0.373 e. The highest BCUT2D eigenvalue weighted by molar-refractivity contribution is 9.10. The van der Waals surface area contributed by atoms with E-state index in [1.54, 1.807) is 0 Å². The molecule has 1 atom stereocenters. The smallest absolute Gasteiger partial charge is 0.246 e. The van der Waals surface area contributed by atoms with Gasteiger partial charge in [0.2, 0.25) is 5.91 Å². The molecule has 0 spiro atoms. The van der Waals surface area contributed by atoms with Gasteiger partial charge in [-0.25, -0.2) is 0 Å². The zero-order valence-corrected chi connectivity index (χ0v) is 14.0. The summed E-state index contributed by atoms with van der Waals surface area (Å²) in [7, 11) is 0. The molecule has 0 bridgehead atoms. The first-order valence-electron chi connectivity index (χ1n) is 6.86. The molecule has 0 fully saturated rings. The van der Waals surface area contributed by atoms with Gasteiger partial charge < -0.3 is 10.6 Å². The quantitative estimate of drug-likeness (QED) is 0.855. The summed E-state index contributed by atoms with van der Waals surface area (Å²) in [4.78, 5) is 12.2. The van der Waals surface area contributed by atoms with Crippen LogP contribution in [0, 0.1) is 13.8 Å². The monoisotopic (exact) mass is 346 g/mol. The van der Waals surface area contributed by atoms with Crippen molar-refractivity contribution in [3.05, 3.63) is 58.1 Å². The highest BCUT2D eigenvalue weighted by Crippen LogP contribution is 2.24. The lowest BCUT2D eigenvalue weighted by molar-refractivity contribution is -0.116. The molecule has 4 heteroatoms. The van der Waals surface area contributed by atoms with Gasteiger partial charge >= 0.3 is 0 Å². The fourth-order valence-electron chi connectivity index (χ4n) is 1.92. The third-order valence-electron chi connectivity index (χ3n) is 3.21. The van der Waals surface area contributed by atoms with Gasteiger partial charge in [0, 0.05) is 15.8 Å². The number of hydrogen-bond acceptors (Lipinski definition) is 2. The van der Waals surface area contributed by atoms with E-state index in [-0.39, 0.29) is 11.9 Å². The Morgan fingerprint density at radius 3 is 2.29 bits per heavy atom. The Hall–Kier alpha value is -1.81. The molecular weight excluding hydrogens is 328 g/mol. The number of rotatable bonds is 4. The normalized spacial score (nSPS) is 11.8. The van der Waals surface area contributed by atoms with Crippen LogP contribution in [-0.4, -0.2) is 11.9 Å². The Bertz CT molecular complexity index is 638. The number of amides is 1. The van der Waals surface area contributed by atoms with E-state index in [1.165, 1.54) is 11.1 Å². The standard InChI is InChI=1S/C17H19BrN2O/c1-11-4-7-14(8-5-11)20-17(21)13(3)19-16-9-6-12(2)10-15(16)18/h4-10,13,19H,1-3H3,(H,20,21). The van der Waals surface area contributed by atoms with Crippen molar-refractivity contribution in [2.45, 2.75) is 26.8 Å². The highest BCUT2D eigenvalue weighted by atomic mass is 79.9. The van der Waals surface area contributed by atoms with Gasteiger partial charge in [-0.2, -0.15) is 0 Å². The molecule has 21 heavy (non-hydrogen) atoms. The topological polar surface area (TPSA) is 41.1 Å². The number of benzene rings is 2. The molecular formula is C17H19BrN2O. The lowest BCUT2D eigenvalue weighted by Crippen LogP contribution is -2.31. The molecule has 2 aromatic carbocycles. The maximum Gasteiger partial charge on any atom is 0.246 e. The molecule has 0 heterocycles. The first-order chi connectivity index (χ1) is 9.95. The molecule has 3 nitrogen and oxygen atoms in total. The first kappa shape index (κ1) is 15.6. The van der Waals surface area contributed by atoms with Crippen molar-refractivity contribution in [3.63, 3.8) is 0 Å². The number of carbonyl (C=O) groups is 1. The predicted octanol–water partition coefficient (Wildman–Crippen LogP) is 4.51. The SMILES string of the molecule is Cc1ccc(NC(=O)C(C)Nc2ccc(C)cc2Br)cc1. The number of hydrogen-bond donors (Lipinski definition) is 2. The second-order valence-electron chi connectivity index (χ2n) is 5.20. The second kappa shape index (κ2) is 6.76. The summed E-state index contributed by atoms with van der Waals surface area (Å²) in [5, 5.41) is 6.11. The maximum atomic E-state index is 12.2. The average Bonchev–Trinajstić information content (AvgIpc) is 2.44. The Labute approximate surface area is 133 Å². The van der Waals surface area contributed by atoms with Crippen LogP contribution in [0.5, 0.6) is 0 Å². The van der Waals surface area contributed by atoms with Crippen LogP contribution in [0.3, 0.4) is 0 Å². The van der Waals surface area contributed by atoms with Crippen molar-refractivity contribution in [1.82, 2.24) is 0 Å². The molecule has 0 radical (unpaired) electrons. The lowest BCUT2D eigenvalue weighted by atomic mass is 10.2. The van der Waals surface area contributed by atoms with Crippen LogP contribution in [0.25, 0.3) is 0 Å². The van der Waals surface area contributed by atoms with Crippen LogP contribution >= 0.6 is 15.9 Å². The van der Waals surface area contributed by atoms with E-state index in [0.717, 1.165) is 15.8 Å². The zero-order valence-electron chi connectivity index (χ0n) is 12.4.